The Morgan fingerprint density at radius 1 is 1.38 bits per heavy atom. The first kappa shape index (κ1) is 13.2. The molecule has 0 fully saturated rings. The van der Waals surface area contributed by atoms with Crippen molar-refractivity contribution >= 4 is 0 Å². The van der Waals surface area contributed by atoms with Gasteiger partial charge in [0.1, 0.15) is 0 Å². The lowest BCUT2D eigenvalue weighted by Crippen LogP contribution is -2.41. The number of hydrogen-bond acceptors (Lipinski definition) is 2. The zero-order valence-electron chi connectivity index (χ0n) is 11.4. The molecule has 1 rings (SSSR count). The second kappa shape index (κ2) is 5.00. The van der Waals surface area contributed by atoms with E-state index in [1.54, 1.807) is 0 Å². The van der Waals surface area contributed by atoms with Crippen molar-refractivity contribution in [3.63, 3.8) is 0 Å². The third kappa shape index (κ3) is 3.97. The fraction of sp³-hybridized carbons (Fsp3) is 0.769. The summed E-state index contributed by atoms with van der Waals surface area (Å²) in [5.41, 5.74) is 1.25. The van der Waals surface area contributed by atoms with Crippen molar-refractivity contribution in [2.45, 2.75) is 53.1 Å². The van der Waals surface area contributed by atoms with Crippen molar-refractivity contribution < 1.29 is 0 Å². The molecular weight excluding hydrogens is 198 g/mol. The molecular formula is C13H25N3. The smallest absolute Gasteiger partial charge is 0.0666 e. The molecule has 0 aromatic carbocycles. The molecule has 1 unspecified atom stereocenters. The minimum atomic E-state index is 0.162. The third-order valence-corrected chi connectivity index (χ3v) is 2.69. The summed E-state index contributed by atoms with van der Waals surface area (Å²) in [6.45, 7) is 14.1. The quantitative estimate of drug-likeness (QED) is 0.850. The van der Waals surface area contributed by atoms with E-state index < -0.39 is 0 Å². The van der Waals surface area contributed by atoms with Crippen molar-refractivity contribution in [1.29, 1.82) is 0 Å². The van der Waals surface area contributed by atoms with Crippen LogP contribution in [0.3, 0.4) is 0 Å². The summed E-state index contributed by atoms with van der Waals surface area (Å²) in [6, 6.07) is 2.49. The average molecular weight is 223 g/mol. The number of aromatic nitrogens is 2. The molecule has 0 bridgehead atoms. The molecule has 1 atom stereocenters. The van der Waals surface area contributed by atoms with Gasteiger partial charge >= 0.3 is 0 Å². The van der Waals surface area contributed by atoms with Crippen molar-refractivity contribution in [3.8, 4) is 0 Å². The molecule has 1 N–H and O–H groups in total. The summed E-state index contributed by atoms with van der Waals surface area (Å²) < 4.78 is 2.08. The minimum Gasteiger partial charge on any atom is -0.310 e. The van der Waals surface area contributed by atoms with E-state index in [1.807, 2.05) is 6.92 Å². The molecule has 0 aliphatic rings. The summed E-state index contributed by atoms with van der Waals surface area (Å²) in [5, 5.41) is 8.06. The monoisotopic (exact) mass is 223 g/mol. The van der Waals surface area contributed by atoms with Gasteiger partial charge in [-0.15, -0.1) is 0 Å². The predicted octanol–water partition coefficient (Wildman–Crippen LogP) is 2.78. The van der Waals surface area contributed by atoms with Crippen molar-refractivity contribution in [1.82, 2.24) is 15.1 Å². The van der Waals surface area contributed by atoms with E-state index in [0.717, 1.165) is 12.2 Å². The molecule has 3 nitrogen and oxygen atoms in total. The highest BCUT2D eigenvalue weighted by Crippen LogP contribution is 2.17. The van der Waals surface area contributed by atoms with E-state index in [2.05, 4.69) is 62.0 Å². The standard InChI is InChI=1S/C13H25N3/c1-10(2)12(9-14-13(4,5)6)16-8-7-11(3)15-16/h7-8,10,12,14H,9H2,1-6H3. The van der Waals surface area contributed by atoms with Crippen LogP contribution < -0.4 is 5.32 Å². The van der Waals surface area contributed by atoms with Crippen LogP contribution in [0.25, 0.3) is 0 Å². The second-order valence-electron chi connectivity index (χ2n) is 5.88. The lowest BCUT2D eigenvalue weighted by molar-refractivity contribution is 0.293. The van der Waals surface area contributed by atoms with Gasteiger partial charge in [0.2, 0.25) is 0 Å². The van der Waals surface area contributed by atoms with Crippen LogP contribution in [0.15, 0.2) is 12.3 Å². The van der Waals surface area contributed by atoms with Gasteiger partial charge in [-0.25, -0.2) is 0 Å². The summed E-state index contributed by atoms with van der Waals surface area (Å²) >= 11 is 0. The van der Waals surface area contributed by atoms with E-state index in [4.69, 9.17) is 0 Å². The van der Waals surface area contributed by atoms with E-state index in [-0.39, 0.29) is 5.54 Å². The summed E-state index contributed by atoms with van der Waals surface area (Å²) in [5.74, 6) is 0.578. The van der Waals surface area contributed by atoms with Crippen LogP contribution in [0, 0.1) is 12.8 Å². The Hall–Kier alpha value is -0.830. The SMILES string of the molecule is Cc1ccn(C(CNC(C)(C)C)C(C)C)n1. The van der Waals surface area contributed by atoms with Crippen LogP contribution in [0.5, 0.6) is 0 Å². The van der Waals surface area contributed by atoms with Crippen LogP contribution in [0.1, 0.15) is 46.4 Å². The van der Waals surface area contributed by atoms with Gasteiger partial charge in [0.25, 0.3) is 0 Å². The minimum absolute atomic E-state index is 0.162. The highest BCUT2D eigenvalue weighted by molar-refractivity contribution is 4.96. The maximum Gasteiger partial charge on any atom is 0.0666 e. The number of nitrogens with one attached hydrogen (secondary N) is 1. The Balaban J connectivity index is 2.69. The molecule has 0 aliphatic carbocycles. The Kier molecular flexibility index (Phi) is 4.14. The van der Waals surface area contributed by atoms with Crippen LogP contribution >= 0.6 is 0 Å². The predicted molar refractivity (Wildman–Crippen MR) is 68.6 cm³/mol. The molecule has 3 heteroatoms. The maximum absolute atomic E-state index is 4.51. The summed E-state index contributed by atoms with van der Waals surface area (Å²) in [4.78, 5) is 0. The van der Waals surface area contributed by atoms with E-state index in [9.17, 15) is 0 Å². The molecule has 92 valence electrons. The molecule has 0 saturated heterocycles. The van der Waals surface area contributed by atoms with Crippen LogP contribution in [0.2, 0.25) is 0 Å². The first-order valence-corrected chi connectivity index (χ1v) is 6.06. The Bertz CT molecular complexity index is 320. The van der Waals surface area contributed by atoms with E-state index in [0.29, 0.717) is 12.0 Å². The summed E-state index contributed by atoms with van der Waals surface area (Å²) in [6.07, 6.45) is 2.07. The molecule has 1 heterocycles. The van der Waals surface area contributed by atoms with Gasteiger partial charge in [0.05, 0.1) is 11.7 Å². The lowest BCUT2D eigenvalue weighted by atomic mass is 10.0. The third-order valence-electron chi connectivity index (χ3n) is 2.69. The Morgan fingerprint density at radius 3 is 2.38 bits per heavy atom. The molecule has 1 aromatic rings. The topological polar surface area (TPSA) is 29.9 Å². The maximum atomic E-state index is 4.51. The van der Waals surface area contributed by atoms with Crippen molar-refractivity contribution in [2.75, 3.05) is 6.54 Å². The number of hydrogen-bond donors (Lipinski definition) is 1. The van der Waals surface area contributed by atoms with Gasteiger partial charge in [0.15, 0.2) is 0 Å². The van der Waals surface area contributed by atoms with Gasteiger partial charge in [-0.05, 0) is 39.7 Å². The fourth-order valence-electron chi connectivity index (χ4n) is 1.66. The van der Waals surface area contributed by atoms with Gasteiger partial charge in [0, 0.05) is 18.3 Å². The molecule has 0 amide bonds. The molecule has 0 radical (unpaired) electrons. The van der Waals surface area contributed by atoms with Gasteiger partial charge in [-0.1, -0.05) is 13.8 Å². The first-order valence-electron chi connectivity index (χ1n) is 6.06. The van der Waals surface area contributed by atoms with E-state index >= 15 is 0 Å². The summed E-state index contributed by atoms with van der Waals surface area (Å²) in [7, 11) is 0. The molecule has 0 aliphatic heterocycles. The van der Waals surface area contributed by atoms with E-state index in [1.165, 1.54) is 0 Å². The first-order chi connectivity index (χ1) is 7.29. The van der Waals surface area contributed by atoms with Gasteiger partial charge < -0.3 is 5.32 Å². The zero-order chi connectivity index (χ0) is 12.3. The molecule has 0 spiro atoms. The average Bonchev–Trinajstić information content (AvgIpc) is 2.49. The molecule has 1 aromatic heterocycles. The molecule has 16 heavy (non-hydrogen) atoms. The fourth-order valence-corrected chi connectivity index (χ4v) is 1.66. The largest absolute Gasteiger partial charge is 0.310 e. The lowest BCUT2D eigenvalue weighted by Gasteiger charge is -2.27. The van der Waals surface area contributed by atoms with Gasteiger partial charge in [-0.2, -0.15) is 5.10 Å². The Labute approximate surface area is 99.2 Å². The normalized spacial score (nSPS) is 14.4. The van der Waals surface area contributed by atoms with Crippen molar-refractivity contribution in [3.05, 3.63) is 18.0 Å². The van der Waals surface area contributed by atoms with Gasteiger partial charge in [-0.3, -0.25) is 4.68 Å². The van der Waals surface area contributed by atoms with Crippen LogP contribution in [0.4, 0.5) is 0 Å². The second-order valence-corrected chi connectivity index (χ2v) is 5.88. The number of aryl methyl sites for hydroxylation is 1. The Morgan fingerprint density at radius 2 is 2.00 bits per heavy atom. The number of rotatable bonds is 4. The number of nitrogens with zero attached hydrogens (tertiary/aromatic N) is 2. The van der Waals surface area contributed by atoms with Crippen LogP contribution in [-0.4, -0.2) is 21.9 Å². The van der Waals surface area contributed by atoms with Crippen molar-refractivity contribution in [2.24, 2.45) is 5.92 Å². The highest BCUT2D eigenvalue weighted by atomic mass is 15.3. The molecule has 0 saturated carbocycles. The zero-order valence-corrected chi connectivity index (χ0v) is 11.4. The highest BCUT2D eigenvalue weighted by Gasteiger charge is 2.19. The van der Waals surface area contributed by atoms with Crippen LogP contribution in [-0.2, 0) is 0 Å².